The van der Waals surface area contributed by atoms with Crippen LogP contribution in [0.15, 0.2) is 51.8 Å². The molecule has 8 heteroatoms. The number of nitrogens with zero attached hydrogens (tertiary/aromatic N) is 1. The molecule has 2 aromatic carbocycles. The van der Waals surface area contributed by atoms with Gasteiger partial charge in [0.1, 0.15) is 5.75 Å². The van der Waals surface area contributed by atoms with Gasteiger partial charge in [-0.2, -0.15) is 4.31 Å². The van der Waals surface area contributed by atoms with E-state index in [1.165, 1.54) is 18.5 Å². The van der Waals surface area contributed by atoms with Gasteiger partial charge in [0.2, 0.25) is 10.0 Å². The molecular formula is C19H24BrNO5S. The Balaban J connectivity index is 2.40. The fourth-order valence-electron chi connectivity index (χ4n) is 2.52. The SMILES string of the molecule is COc1cc(CN(CC(OC)OC)S(=O)(=O)c2ccc(C)cc2)ccc1Br. The number of hydrogen-bond acceptors (Lipinski definition) is 5. The Kier molecular flexibility index (Phi) is 7.81. The van der Waals surface area contributed by atoms with Gasteiger partial charge in [0.05, 0.1) is 23.0 Å². The second-order valence-corrected chi connectivity index (χ2v) is 8.77. The molecule has 0 amide bonds. The summed E-state index contributed by atoms with van der Waals surface area (Å²) in [6.07, 6.45) is -0.678. The zero-order valence-corrected chi connectivity index (χ0v) is 18.2. The van der Waals surface area contributed by atoms with E-state index in [-0.39, 0.29) is 18.0 Å². The molecule has 0 heterocycles. The van der Waals surface area contributed by atoms with Crippen LogP contribution in [0.25, 0.3) is 0 Å². The van der Waals surface area contributed by atoms with Crippen LogP contribution < -0.4 is 4.74 Å². The molecule has 0 unspecified atom stereocenters. The number of sulfonamides is 1. The Morgan fingerprint density at radius 3 is 2.22 bits per heavy atom. The highest BCUT2D eigenvalue weighted by atomic mass is 79.9. The maximum absolute atomic E-state index is 13.2. The molecule has 0 aliphatic carbocycles. The lowest BCUT2D eigenvalue weighted by molar-refractivity contribution is -0.108. The van der Waals surface area contributed by atoms with Crippen molar-refractivity contribution in [3.05, 3.63) is 58.1 Å². The second-order valence-electron chi connectivity index (χ2n) is 5.98. The summed E-state index contributed by atoms with van der Waals surface area (Å²) in [5.41, 5.74) is 1.78. The first kappa shape index (κ1) is 21.8. The van der Waals surface area contributed by atoms with Crippen LogP contribution in [0.4, 0.5) is 0 Å². The third kappa shape index (κ3) is 5.52. The van der Waals surface area contributed by atoms with Crippen LogP contribution in [0.3, 0.4) is 0 Å². The van der Waals surface area contributed by atoms with E-state index in [4.69, 9.17) is 14.2 Å². The van der Waals surface area contributed by atoms with Crippen molar-refractivity contribution in [2.75, 3.05) is 27.9 Å². The highest BCUT2D eigenvalue weighted by Crippen LogP contribution is 2.27. The number of aryl methyl sites for hydroxylation is 1. The molecule has 0 aliphatic rings. The van der Waals surface area contributed by atoms with Crippen molar-refractivity contribution >= 4 is 26.0 Å². The van der Waals surface area contributed by atoms with Crippen LogP contribution in [-0.4, -0.2) is 46.9 Å². The van der Waals surface area contributed by atoms with Crippen molar-refractivity contribution in [3.63, 3.8) is 0 Å². The first-order valence-electron chi connectivity index (χ1n) is 8.26. The number of hydrogen-bond donors (Lipinski definition) is 0. The Labute approximate surface area is 169 Å². The second kappa shape index (κ2) is 9.66. The third-order valence-corrected chi connectivity index (χ3v) is 6.59. The molecule has 0 radical (unpaired) electrons. The van der Waals surface area contributed by atoms with E-state index < -0.39 is 16.3 Å². The Hall–Kier alpha value is -1.45. The summed E-state index contributed by atoms with van der Waals surface area (Å²) in [7, 11) is 0.785. The first-order valence-corrected chi connectivity index (χ1v) is 10.5. The highest BCUT2D eigenvalue weighted by Gasteiger charge is 2.27. The van der Waals surface area contributed by atoms with Gasteiger partial charge in [0.15, 0.2) is 6.29 Å². The standard InChI is InChI=1S/C19H24BrNO5S/c1-14-5-8-16(9-6-14)27(22,23)21(13-19(25-3)26-4)12-15-7-10-17(20)18(11-15)24-2/h5-11,19H,12-13H2,1-4H3. The summed E-state index contributed by atoms with van der Waals surface area (Å²) in [5.74, 6) is 0.634. The largest absolute Gasteiger partial charge is 0.496 e. The van der Waals surface area contributed by atoms with Crippen LogP contribution in [0.1, 0.15) is 11.1 Å². The molecule has 0 bridgehead atoms. The van der Waals surface area contributed by atoms with Crippen LogP contribution in [-0.2, 0) is 26.0 Å². The molecule has 0 N–H and O–H groups in total. The van der Waals surface area contributed by atoms with E-state index in [2.05, 4.69) is 15.9 Å². The van der Waals surface area contributed by atoms with Crippen LogP contribution in [0.2, 0.25) is 0 Å². The smallest absolute Gasteiger partial charge is 0.243 e. The minimum atomic E-state index is -3.74. The van der Waals surface area contributed by atoms with Crippen molar-refractivity contribution in [1.82, 2.24) is 4.31 Å². The average molecular weight is 458 g/mol. The van der Waals surface area contributed by atoms with Gasteiger partial charge in [-0.25, -0.2) is 8.42 Å². The molecule has 0 atom stereocenters. The van der Waals surface area contributed by atoms with Crippen molar-refractivity contribution in [2.45, 2.75) is 24.7 Å². The minimum Gasteiger partial charge on any atom is -0.496 e. The zero-order valence-electron chi connectivity index (χ0n) is 15.8. The van der Waals surface area contributed by atoms with Gasteiger partial charge in [-0.15, -0.1) is 0 Å². The van der Waals surface area contributed by atoms with Gasteiger partial charge in [0.25, 0.3) is 0 Å². The van der Waals surface area contributed by atoms with Gasteiger partial charge < -0.3 is 14.2 Å². The van der Waals surface area contributed by atoms with Gasteiger partial charge in [-0.1, -0.05) is 23.8 Å². The van der Waals surface area contributed by atoms with Gasteiger partial charge in [-0.05, 0) is 52.7 Å². The molecule has 0 saturated heterocycles. The quantitative estimate of drug-likeness (QED) is 0.538. The van der Waals surface area contributed by atoms with Gasteiger partial charge >= 0.3 is 0 Å². The fraction of sp³-hybridized carbons (Fsp3) is 0.368. The first-order chi connectivity index (χ1) is 12.8. The molecule has 0 aromatic heterocycles. The van der Waals surface area contributed by atoms with Crippen molar-refractivity contribution < 1.29 is 22.6 Å². The molecule has 0 aliphatic heterocycles. The Morgan fingerprint density at radius 1 is 1.04 bits per heavy atom. The number of halogens is 1. The van der Waals surface area contributed by atoms with E-state index in [0.29, 0.717) is 5.75 Å². The predicted octanol–water partition coefficient (Wildman–Crippen LogP) is 3.58. The molecule has 148 valence electrons. The molecule has 0 saturated carbocycles. The summed E-state index contributed by atoms with van der Waals surface area (Å²) in [6, 6.07) is 12.2. The van der Waals surface area contributed by atoms with Crippen molar-refractivity contribution in [2.24, 2.45) is 0 Å². The Bertz CT molecular complexity index is 851. The van der Waals surface area contributed by atoms with Crippen LogP contribution in [0.5, 0.6) is 5.75 Å². The van der Waals surface area contributed by atoms with E-state index in [9.17, 15) is 8.42 Å². The molecule has 0 fully saturated rings. The number of benzene rings is 2. The normalized spacial score (nSPS) is 12.0. The molecule has 2 aromatic rings. The van der Waals surface area contributed by atoms with Crippen molar-refractivity contribution in [1.29, 1.82) is 0 Å². The lowest BCUT2D eigenvalue weighted by Crippen LogP contribution is -2.38. The monoisotopic (exact) mass is 457 g/mol. The minimum absolute atomic E-state index is 0.0571. The topological polar surface area (TPSA) is 65.1 Å². The maximum atomic E-state index is 13.2. The van der Waals surface area contributed by atoms with E-state index in [0.717, 1.165) is 15.6 Å². The van der Waals surface area contributed by atoms with E-state index in [1.807, 2.05) is 19.1 Å². The molecular weight excluding hydrogens is 434 g/mol. The molecule has 6 nitrogen and oxygen atoms in total. The fourth-order valence-corrected chi connectivity index (χ4v) is 4.35. The highest BCUT2D eigenvalue weighted by molar-refractivity contribution is 9.10. The third-order valence-electron chi connectivity index (χ3n) is 4.11. The van der Waals surface area contributed by atoms with Gasteiger partial charge in [0, 0.05) is 20.8 Å². The average Bonchev–Trinajstić information content (AvgIpc) is 2.66. The summed E-state index contributed by atoms with van der Waals surface area (Å²) >= 11 is 3.41. The molecule has 0 spiro atoms. The summed E-state index contributed by atoms with van der Waals surface area (Å²) in [4.78, 5) is 0.225. The van der Waals surface area contributed by atoms with Gasteiger partial charge in [-0.3, -0.25) is 0 Å². The number of ether oxygens (including phenoxy) is 3. The van der Waals surface area contributed by atoms with Crippen LogP contribution in [0, 0.1) is 6.92 Å². The Morgan fingerprint density at radius 2 is 1.67 bits per heavy atom. The van der Waals surface area contributed by atoms with E-state index in [1.54, 1.807) is 37.4 Å². The zero-order chi connectivity index (χ0) is 20.0. The predicted molar refractivity (Wildman–Crippen MR) is 107 cm³/mol. The summed E-state index contributed by atoms with van der Waals surface area (Å²) in [6.45, 7) is 2.12. The maximum Gasteiger partial charge on any atom is 0.243 e. The lowest BCUT2D eigenvalue weighted by Gasteiger charge is -2.26. The molecule has 27 heavy (non-hydrogen) atoms. The number of rotatable bonds is 9. The van der Waals surface area contributed by atoms with Crippen LogP contribution >= 0.6 is 15.9 Å². The summed E-state index contributed by atoms with van der Waals surface area (Å²) < 4.78 is 44.3. The number of methoxy groups -OCH3 is 3. The molecule has 2 rings (SSSR count). The van der Waals surface area contributed by atoms with Crippen molar-refractivity contribution in [3.8, 4) is 5.75 Å². The summed E-state index contributed by atoms with van der Waals surface area (Å²) in [5, 5.41) is 0. The lowest BCUT2D eigenvalue weighted by atomic mass is 10.2. The van der Waals surface area contributed by atoms with E-state index >= 15 is 0 Å².